The molecular weight excluding hydrogens is 278 g/mol. The average Bonchev–Trinajstić information content (AvgIpc) is 2.38. The molecule has 3 heteroatoms. The molecule has 0 fully saturated rings. The van der Waals surface area contributed by atoms with Gasteiger partial charge in [0.2, 0.25) is 0 Å². The third-order valence-electron chi connectivity index (χ3n) is 2.73. The predicted octanol–water partition coefficient (Wildman–Crippen LogP) is 3.74. The van der Waals surface area contributed by atoms with Crippen molar-refractivity contribution in [1.29, 1.82) is 0 Å². The molecule has 0 aliphatic heterocycles. The highest BCUT2D eigenvalue weighted by Crippen LogP contribution is 2.10. The lowest BCUT2D eigenvalue weighted by Gasteiger charge is -2.05. The first-order chi connectivity index (χ1) is 8.36. The molecule has 0 spiro atoms. The fraction of sp³-hybridized carbons (Fsp3) is 0.571. The Hall–Kier alpha value is -0.540. The summed E-state index contributed by atoms with van der Waals surface area (Å²) in [6, 6.07) is 8.23. The van der Waals surface area contributed by atoms with E-state index in [1.807, 2.05) is 12.1 Å². The number of hydrogen-bond acceptors (Lipinski definition) is 2. The summed E-state index contributed by atoms with van der Waals surface area (Å²) in [7, 11) is 1.69. The second kappa shape index (κ2) is 9.49. The summed E-state index contributed by atoms with van der Waals surface area (Å²) in [4.78, 5) is 0. The molecule has 0 bridgehead atoms. The first-order valence-electron chi connectivity index (χ1n) is 6.26. The van der Waals surface area contributed by atoms with Gasteiger partial charge in [0.15, 0.2) is 0 Å². The summed E-state index contributed by atoms with van der Waals surface area (Å²) >= 11 is 3.45. The minimum absolute atomic E-state index is 0.920. The van der Waals surface area contributed by atoms with Gasteiger partial charge in [-0.2, -0.15) is 0 Å². The van der Waals surface area contributed by atoms with Gasteiger partial charge < -0.3 is 10.1 Å². The van der Waals surface area contributed by atoms with Crippen LogP contribution in [0.4, 0.5) is 0 Å². The number of halogens is 1. The van der Waals surface area contributed by atoms with E-state index in [2.05, 4.69) is 33.4 Å². The fourth-order valence-electron chi connectivity index (χ4n) is 1.67. The molecule has 1 rings (SSSR count). The van der Waals surface area contributed by atoms with Crippen LogP contribution < -0.4 is 10.1 Å². The molecule has 0 radical (unpaired) electrons. The molecule has 0 aliphatic carbocycles. The summed E-state index contributed by atoms with van der Waals surface area (Å²) in [5, 5.41) is 4.59. The predicted molar refractivity (Wildman–Crippen MR) is 77.0 cm³/mol. The smallest absolute Gasteiger partial charge is 0.118 e. The number of ether oxygens (including phenoxy) is 1. The molecule has 2 nitrogen and oxygen atoms in total. The van der Waals surface area contributed by atoms with Gasteiger partial charge in [0.1, 0.15) is 5.75 Å². The highest BCUT2D eigenvalue weighted by Gasteiger charge is 1.94. The van der Waals surface area contributed by atoms with E-state index in [0.29, 0.717) is 0 Å². The molecule has 96 valence electrons. The largest absolute Gasteiger partial charge is 0.497 e. The molecule has 0 saturated heterocycles. The third kappa shape index (κ3) is 6.69. The molecule has 0 aromatic heterocycles. The van der Waals surface area contributed by atoms with E-state index in [9.17, 15) is 0 Å². The number of rotatable bonds is 9. The number of benzene rings is 1. The quantitative estimate of drug-likeness (QED) is 0.554. The van der Waals surface area contributed by atoms with Crippen LogP contribution in [0.15, 0.2) is 24.3 Å². The summed E-state index contributed by atoms with van der Waals surface area (Å²) < 4.78 is 5.13. The maximum atomic E-state index is 5.13. The molecule has 0 aliphatic rings. The second-order valence-electron chi connectivity index (χ2n) is 4.13. The molecule has 1 N–H and O–H groups in total. The van der Waals surface area contributed by atoms with Crippen molar-refractivity contribution in [2.24, 2.45) is 0 Å². The summed E-state index contributed by atoms with van der Waals surface area (Å²) in [5.74, 6) is 0.920. The van der Waals surface area contributed by atoms with E-state index >= 15 is 0 Å². The number of alkyl halides is 1. The minimum Gasteiger partial charge on any atom is -0.497 e. The molecule has 1 aromatic rings. The standard InChI is InChI=1S/C14H22BrNO/c1-17-14-8-6-13(7-9-14)12-16-11-5-3-2-4-10-15/h6-9,16H,2-5,10-12H2,1H3. The van der Waals surface area contributed by atoms with E-state index in [0.717, 1.165) is 24.2 Å². The highest BCUT2D eigenvalue weighted by molar-refractivity contribution is 9.09. The zero-order chi connectivity index (χ0) is 12.3. The Morgan fingerprint density at radius 3 is 2.41 bits per heavy atom. The maximum Gasteiger partial charge on any atom is 0.118 e. The van der Waals surface area contributed by atoms with Crippen LogP contribution in [0.1, 0.15) is 31.2 Å². The number of unbranched alkanes of at least 4 members (excludes halogenated alkanes) is 3. The first-order valence-corrected chi connectivity index (χ1v) is 7.38. The van der Waals surface area contributed by atoms with Crippen molar-refractivity contribution in [3.05, 3.63) is 29.8 Å². The van der Waals surface area contributed by atoms with E-state index in [1.165, 1.54) is 31.2 Å². The Bertz CT molecular complexity index is 287. The Kier molecular flexibility index (Phi) is 8.10. The van der Waals surface area contributed by atoms with Crippen LogP contribution in [-0.4, -0.2) is 19.0 Å². The average molecular weight is 300 g/mol. The lowest BCUT2D eigenvalue weighted by molar-refractivity contribution is 0.414. The lowest BCUT2D eigenvalue weighted by atomic mass is 10.2. The number of methoxy groups -OCH3 is 1. The van der Waals surface area contributed by atoms with Crippen LogP contribution in [0, 0.1) is 0 Å². The van der Waals surface area contributed by atoms with Gasteiger partial charge in [0.25, 0.3) is 0 Å². The Morgan fingerprint density at radius 2 is 1.76 bits per heavy atom. The molecule has 17 heavy (non-hydrogen) atoms. The van der Waals surface area contributed by atoms with Gasteiger partial charge in [-0.1, -0.05) is 40.9 Å². The second-order valence-corrected chi connectivity index (χ2v) is 4.92. The molecule has 0 unspecified atom stereocenters. The molecule has 0 heterocycles. The normalized spacial score (nSPS) is 10.5. The van der Waals surface area contributed by atoms with E-state index in [1.54, 1.807) is 7.11 Å². The van der Waals surface area contributed by atoms with Crippen molar-refractivity contribution in [2.75, 3.05) is 19.0 Å². The molecule has 0 atom stereocenters. The molecular formula is C14H22BrNO. The zero-order valence-corrected chi connectivity index (χ0v) is 12.1. The van der Waals surface area contributed by atoms with Crippen molar-refractivity contribution < 1.29 is 4.74 Å². The van der Waals surface area contributed by atoms with E-state index in [-0.39, 0.29) is 0 Å². The van der Waals surface area contributed by atoms with Crippen LogP contribution in [0.25, 0.3) is 0 Å². The van der Waals surface area contributed by atoms with Crippen LogP contribution in [0.2, 0.25) is 0 Å². The lowest BCUT2D eigenvalue weighted by Crippen LogP contribution is -2.14. The van der Waals surface area contributed by atoms with Crippen LogP contribution >= 0.6 is 15.9 Å². The van der Waals surface area contributed by atoms with Crippen molar-refractivity contribution in [1.82, 2.24) is 5.32 Å². The Balaban J connectivity index is 2.05. The van der Waals surface area contributed by atoms with Gasteiger partial charge in [0, 0.05) is 11.9 Å². The van der Waals surface area contributed by atoms with E-state index < -0.39 is 0 Å². The van der Waals surface area contributed by atoms with Gasteiger partial charge in [0.05, 0.1) is 7.11 Å². The van der Waals surface area contributed by atoms with Crippen molar-refractivity contribution in [3.63, 3.8) is 0 Å². The topological polar surface area (TPSA) is 21.3 Å². The first kappa shape index (κ1) is 14.5. The minimum atomic E-state index is 0.920. The third-order valence-corrected chi connectivity index (χ3v) is 3.29. The Labute approximate surface area is 113 Å². The van der Waals surface area contributed by atoms with Crippen molar-refractivity contribution >= 4 is 15.9 Å². The maximum absolute atomic E-state index is 5.13. The SMILES string of the molecule is COc1ccc(CNCCCCCCBr)cc1. The van der Waals surface area contributed by atoms with Crippen molar-refractivity contribution in [3.8, 4) is 5.75 Å². The van der Waals surface area contributed by atoms with Crippen LogP contribution in [-0.2, 0) is 6.54 Å². The van der Waals surface area contributed by atoms with Gasteiger partial charge in [-0.3, -0.25) is 0 Å². The number of hydrogen-bond donors (Lipinski definition) is 1. The highest BCUT2D eigenvalue weighted by atomic mass is 79.9. The zero-order valence-electron chi connectivity index (χ0n) is 10.5. The molecule has 1 aromatic carbocycles. The van der Waals surface area contributed by atoms with Crippen LogP contribution in [0.3, 0.4) is 0 Å². The number of nitrogens with one attached hydrogen (secondary N) is 1. The molecule has 0 saturated carbocycles. The van der Waals surface area contributed by atoms with E-state index in [4.69, 9.17) is 4.74 Å². The van der Waals surface area contributed by atoms with Gasteiger partial charge in [-0.15, -0.1) is 0 Å². The van der Waals surface area contributed by atoms with Crippen molar-refractivity contribution in [2.45, 2.75) is 32.2 Å². The Morgan fingerprint density at radius 1 is 1.06 bits per heavy atom. The summed E-state index contributed by atoms with van der Waals surface area (Å²) in [5.41, 5.74) is 1.31. The van der Waals surface area contributed by atoms with Gasteiger partial charge in [-0.05, 0) is 37.1 Å². The fourth-order valence-corrected chi connectivity index (χ4v) is 2.07. The van der Waals surface area contributed by atoms with Gasteiger partial charge >= 0.3 is 0 Å². The summed E-state index contributed by atoms with van der Waals surface area (Å²) in [6.07, 6.45) is 5.21. The van der Waals surface area contributed by atoms with Gasteiger partial charge in [-0.25, -0.2) is 0 Å². The molecule has 0 amide bonds. The van der Waals surface area contributed by atoms with Crippen LogP contribution in [0.5, 0.6) is 5.75 Å². The summed E-state index contributed by atoms with van der Waals surface area (Å²) in [6.45, 7) is 2.05. The monoisotopic (exact) mass is 299 g/mol.